The van der Waals surface area contributed by atoms with Gasteiger partial charge in [-0.15, -0.1) is 0 Å². The first-order valence-corrected chi connectivity index (χ1v) is 5.88. The van der Waals surface area contributed by atoms with Gasteiger partial charge in [-0.25, -0.2) is 4.98 Å². The van der Waals surface area contributed by atoms with Crippen LogP contribution >= 0.6 is 0 Å². The molecule has 108 valence electrons. The van der Waals surface area contributed by atoms with Crippen molar-refractivity contribution in [3.8, 4) is 11.6 Å². The van der Waals surface area contributed by atoms with Crippen molar-refractivity contribution in [2.75, 3.05) is 0 Å². The smallest absolute Gasteiger partial charge is 0.273 e. The van der Waals surface area contributed by atoms with Gasteiger partial charge in [-0.3, -0.25) is 10.1 Å². The van der Waals surface area contributed by atoms with Crippen molar-refractivity contribution in [2.24, 2.45) is 10.9 Å². The molecule has 0 saturated carbocycles. The van der Waals surface area contributed by atoms with Crippen molar-refractivity contribution in [1.82, 2.24) is 4.98 Å². The van der Waals surface area contributed by atoms with Crippen molar-refractivity contribution in [1.29, 1.82) is 0 Å². The summed E-state index contributed by atoms with van der Waals surface area (Å²) in [5.41, 5.74) is 6.51. The average Bonchev–Trinajstić information content (AvgIpc) is 2.47. The summed E-state index contributed by atoms with van der Waals surface area (Å²) in [6.45, 7) is 1.75. The monoisotopic (exact) mass is 288 g/mol. The highest BCUT2D eigenvalue weighted by Crippen LogP contribution is 2.27. The lowest BCUT2D eigenvalue weighted by Crippen LogP contribution is -2.16. The van der Waals surface area contributed by atoms with Gasteiger partial charge < -0.3 is 15.7 Å². The SMILES string of the molecule is Cc1ccnc(Oc2cccc([N+](=O)[O-])c2)c1/C(N)=N/O. The molecule has 1 aromatic carbocycles. The predicted molar refractivity (Wildman–Crippen MR) is 74.7 cm³/mol. The third-order valence-corrected chi connectivity index (χ3v) is 2.73. The van der Waals surface area contributed by atoms with Gasteiger partial charge in [-0.2, -0.15) is 0 Å². The average molecular weight is 288 g/mol. The summed E-state index contributed by atoms with van der Waals surface area (Å²) in [7, 11) is 0. The fourth-order valence-electron chi connectivity index (χ4n) is 1.74. The van der Waals surface area contributed by atoms with E-state index in [9.17, 15) is 10.1 Å². The number of aryl methyl sites for hydroxylation is 1. The zero-order chi connectivity index (χ0) is 15.4. The van der Waals surface area contributed by atoms with E-state index >= 15 is 0 Å². The maximum absolute atomic E-state index is 10.7. The summed E-state index contributed by atoms with van der Waals surface area (Å²) in [5, 5.41) is 22.5. The number of nitro benzene ring substituents is 1. The minimum atomic E-state index is -0.527. The number of benzene rings is 1. The van der Waals surface area contributed by atoms with Crippen LogP contribution in [-0.2, 0) is 0 Å². The summed E-state index contributed by atoms with van der Waals surface area (Å²) in [6.07, 6.45) is 1.50. The van der Waals surface area contributed by atoms with Crippen LogP contribution in [0.1, 0.15) is 11.1 Å². The largest absolute Gasteiger partial charge is 0.438 e. The summed E-state index contributed by atoms with van der Waals surface area (Å²) in [5.74, 6) is 0.182. The van der Waals surface area contributed by atoms with Crippen molar-refractivity contribution < 1.29 is 14.9 Å². The van der Waals surface area contributed by atoms with Crippen molar-refractivity contribution in [3.63, 3.8) is 0 Å². The normalized spacial score (nSPS) is 11.2. The fourth-order valence-corrected chi connectivity index (χ4v) is 1.74. The van der Waals surface area contributed by atoms with Crippen LogP contribution in [0.15, 0.2) is 41.7 Å². The van der Waals surface area contributed by atoms with Crippen molar-refractivity contribution in [3.05, 3.63) is 57.8 Å². The van der Waals surface area contributed by atoms with Gasteiger partial charge in [0, 0.05) is 12.3 Å². The van der Waals surface area contributed by atoms with E-state index in [1.54, 1.807) is 19.1 Å². The molecule has 0 amide bonds. The van der Waals surface area contributed by atoms with Crippen LogP contribution in [0.4, 0.5) is 5.69 Å². The molecule has 2 rings (SSSR count). The van der Waals surface area contributed by atoms with Crippen LogP contribution in [0.3, 0.4) is 0 Å². The maximum Gasteiger partial charge on any atom is 0.273 e. The summed E-state index contributed by atoms with van der Waals surface area (Å²) < 4.78 is 5.52. The first-order valence-electron chi connectivity index (χ1n) is 5.88. The lowest BCUT2D eigenvalue weighted by molar-refractivity contribution is -0.384. The lowest BCUT2D eigenvalue weighted by Gasteiger charge is -2.11. The van der Waals surface area contributed by atoms with Gasteiger partial charge in [-0.1, -0.05) is 11.2 Å². The van der Waals surface area contributed by atoms with Gasteiger partial charge in [0.25, 0.3) is 5.69 Å². The summed E-state index contributed by atoms with van der Waals surface area (Å²) in [4.78, 5) is 14.2. The number of nitrogens with zero attached hydrogens (tertiary/aromatic N) is 3. The second-order valence-electron chi connectivity index (χ2n) is 4.15. The Hall–Kier alpha value is -3.16. The van der Waals surface area contributed by atoms with E-state index in [0.29, 0.717) is 11.1 Å². The van der Waals surface area contributed by atoms with Crippen LogP contribution < -0.4 is 10.5 Å². The van der Waals surface area contributed by atoms with Gasteiger partial charge >= 0.3 is 0 Å². The van der Waals surface area contributed by atoms with Gasteiger partial charge in [0.2, 0.25) is 5.88 Å². The highest BCUT2D eigenvalue weighted by atomic mass is 16.6. The van der Waals surface area contributed by atoms with Gasteiger partial charge in [0.05, 0.1) is 16.6 Å². The molecule has 1 heterocycles. The number of oxime groups is 1. The molecular weight excluding hydrogens is 276 g/mol. The Bertz CT molecular complexity index is 715. The molecule has 1 aromatic heterocycles. The topological polar surface area (TPSA) is 124 Å². The van der Waals surface area contributed by atoms with Crippen LogP contribution in [0.25, 0.3) is 0 Å². The quantitative estimate of drug-likeness (QED) is 0.292. The highest BCUT2D eigenvalue weighted by Gasteiger charge is 2.15. The molecule has 0 aliphatic rings. The van der Waals surface area contributed by atoms with Gasteiger partial charge in [0.15, 0.2) is 5.84 Å². The first kappa shape index (κ1) is 14.3. The van der Waals surface area contributed by atoms with E-state index < -0.39 is 4.92 Å². The van der Waals surface area contributed by atoms with E-state index in [1.165, 1.54) is 24.4 Å². The van der Waals surface area contributed by atoms with Crippen LogP contribution in [0.5, 0.6) is 11.6 Å². The Kier molecular flexibility index (Phi) is 3.98. The highest BCUT2D eigenvalue weighted by molar-refractivity contribution is 6.00. The second kappa shape index (κ2) is 5.87. The zero-order valence-electron chi connectivity index (χ0n) is 11.1. The molecule has 0 unspecified atom stereocenters. The standard InChI is InChI=1S/C13H12N4O4/c1-8-5-6-15-13(11(8)12(14)16-18)21-10-4-2-3-9(7-10)17(19)20/h2-7,18H,1H3,(H2,14,16). The Labute approximate surface area is 119 Å². The van der Waals surface area contributed by atoms with E-state index in [-0.39, 0.29) is 23.2 Å². The molecule has 0 bridgehead atoms. The van der Waals surface area contributed by atoms with Gasteiger partial charge in [0.1, 0.15) is 5.75 Å². The number of pyridine rings is 1. The molecule has 0 spiro atoms. The molecular formula is C13H12N4O4. The minimum absolute atomic E-state index is 0.103. The van der Waals surface area contributed by atoms with Gasteiger partial charge in [-0.05, 0) is 24.6 Å². The van der Waals surface area contributed by atoms with E-state index in [2.05, 4.69) is 10.1 Å². The molecule has 0 saturated heterocycles. The Morgan fingerprint density at radius 2 is 2.24 bits per heavy atom. The molecule has 0 fully saturated rings. The van der Waals surface area contributed by atoms with Crippen molar-refractivity contribution >= 4 is 11.5 Å². The number of nitrogens with two attached hydrogens (primary N) is 1. The Morgan fingerprint density at radius 1 is 1.48 bits per heavy atom. The molecule has 8 nitrogen and oxygen atoms in total. The third-order valence-electron chi connectivity index (χ3n) is 2.73. The predicted octanol–water partition coefficient (Wildman–Crippen LogP) is 2.19. The first-order chi connectivity index (χ1) is 10.0. The maximum atomic E-state index is 10.7. The lowest BCUT2D eigenvalue weighted by atomic mass is 10.1. The van der Waals surface area contributed by atoms with Crippen LogP contribution in [-0.4, -0.2) is 21.0 Å². The number of ether oxygens (including phenoxy) is 1. The number of hydrogen-bond donors (Lipinski definition) is 2. The van der Waals surface area contributed by atoms with E-state index in [1.807, 2.05) is 0 Å². The Balaban J connectivity index is 2.43. The number of hydrogen-bond acceptors (Lipinski definition) is 6. The molecule has 8 heteroatoms. The molecule has 3 N–H and O–H groups in total. The number of non-ortho nitro benzene ring substituents is 1. The van der Waals surface area contributed by atoms with Crippen LogP contribution in [0, 0.1) is 17.0 Å². The van der Waals surface area contributed by atoms with Crippen LogP contribution in [0.2, 0.25) is 0 Å². The molecule has 0 aliphatic carbocycles. The number of amidine groups is 1. The van der Waals surface area contributed by atoms with E-state index in [4.69, 9.17) is 15.7 Å². The Morgan fingerprint density at radius 3 is 2.90 bits per heavy atom. The fraction of sp³-hybridized carbons (Fsp3) is 0.0769. The number of aromatic nitrogens is 1. The minimum Gasteiger partial charge on any atom is -0.438 e. The number of rotatable bonds is 4. The number of nitro groups is 1. The third kappa shape index (κ3) is 3.06. The van der Waals surface area contributed by atoms with Crippen molar-refractivity contribution in [2.45, 2.75) is 6.92 Å². The molecule has 0 aliphatic heterocycles. The summed E-state index contributed by atoms with van der Waals surface area (Å²) in [6, 6.07) is 7.33. The zero-order valence-corrected chi connectivity index (χ0v) is 11.1. The molecule has 21 heavy (non-hydrogen) atoms. The molecule has 0 radical (unpaired) electrons. The van der Waals surface area contributed by atoms with E-state index in [0.717, 1.165) is 0 Å². The molecule has 0 atom stereocenters. The summed E-state index contributed by atoms with van der Waals surface area (Å²) >= 11 is 0. The molecule has 2 aromatic rings. The second-order valence-corrected chi connectivity index (χ2v) is 4.15.